The van der Waals surface area contributed by atoms with Gasteiger partial charge < -0.3 is 14.5 Å². The largest absolute Gasteiger partial charge is 0.496 e. The lowest BCUT2D eigenvalue weighted by Crippen LogP contribution is -2.20. The van der Waals surface area contributed by atoms with Crippen LogP contribution in [0.3, 0.4) is 0 Å². The van der Waals surface area contributed by atoms with Crippen LogP contribution in [0.1, 0.15) is 29.2 Å². The summed E-state index contributed by atoms with van der Waals surface area (Å²) in [6.45, 7) is 6.41. The van der Waals surface area contributed by atoms with Gasteiger partial charge in [0.05, 0.1) is 13.4 Å². The van der Waals surface area contributed by atoms with E-state index in [1.54, 1.807) is 31.8 Å². The van der Waals surface area contributed by atoms with E-state index in [2.05, 4.69) is 41.5 Å². The Morgan fingerprint density at radius 2 is 1.84 bits per heavy atom. The molecule has 0 unspecified atom stereocenters. The number of carbonyl (C=O) groups excluding carboxylic acids is 1. The number of allylic oxidation sites excluding steroid dienone is 1. The van der Waals surface area contributed by atoms with E-state index < -0.39 is 0 Å². The fourth-order valence-corrected chi connectivity index (χ4v) is 3.84. The third-order valence-corrected chi connectivity index (χ3v) is 5.60. The van der Waals surface area contributed by atoms with E-state index in [1.807, 2.05) is 32.0 Å². The highest BCUT2D eigenvalue weighted by Crippen LogP contribution is 2.40. The topological polar surface area (TPSA) is 64.4 Å². The summed E-state index contributed by atoms with van der Waals surface area (Å²) >= 11 is 0. The number of furan rings is 1. The van der Waals surface area contributed by atoms with E-state index >= 15 is 0 Å². The van der Waals surface area contributed by atoms with Gasteiger partial charge >= 0.3 is 0 Å². The van der Waals surface area contributed by atoms with Crippen molar-refractivity contribution in [2.75, 3.05) is 7.11 Å². The van der Waals surface area contributed by atoms with Gasteiger partial charge in [0, 0.05) is 47.1 Å². The summed E-state index contributed by atoms with van der Waals surface area (Å²) in [5.41, 5.74) is 7.68. The zero-order valence-corrected chi connectivity index (χ0v) is 18.7. The maximum absolute atomic E-state index is 12.6. The quantitative estimate of drug-likeness (QED) is 0.393. The first-order chi connectivity index (χ1) is 15.5. The van der Waals surface area contributed by atoms with Crippen LogP contribution in [0.25, 0.3) is 27.7 Å². The van der Waals surface area contributed by atoms with Gasteiger partial charge in [-0.2, -0.15) is 0 Å². The lowest BCUT2D eigenvalue weighted by Gasteiger charge is -2.13. The van der Waals surface area contributed by atoms with Crippen LogP contribution in [-0.4, -0.2) is 18.0 Å². The Balaban J connectivity index is 1.70. The molecule has 2 aromatic carbocycles. The number of nitrogens with one attached hydrogen (secondary N) is 1. The van der Waals surface area contributed by atoms with Crippen LogP contribution in [-0.2, 0) is 11.3 Å². The Morgan fingerprint density at radius 1 is 1.12 bits per heavy atom. The molecule has 0 atom stereocenters. The molecule has 0 radical (unpaired) electrons. The number of aromatic nitrogens is 1. The highest BCUT2D eigenvalue weighted by Gasteiger charge is 2.18. The molecule has 5 nitrogen and oxygen atoms in total. The van der Waals surface area contributed by atoms with Gasteiger partial charge in [0.1, 0.15) is 11.3 Å². The minimum atomic E-state index is -0.162. The second-order valence-corrected chi connectivity index (χ2v) is 7.88. The number of nitrogens with zero attached hydrogens (tertiary/aromatic N) is 1. The number of carbonyl (C=O) groups is 1. The maximum Gasteiger partial charge on any atom is 0.244 e. The zero-order chi connectivity index (χ0) is 22.7. The van der Waals surface area contributed by atoms with Gasteiger partial charge in [0.25, 0.3) is 0 Å². The van der Waals surface area contributed by atoms with E-state index in [1.165, 1.54) is 5.56 Å². The number of pyridine rings is 1. The van der Waals surface area contributed by atoms with Gasteiger partial charge in [-0.15, -0.1) is 0 Å². The highest BCUT2D eigenvalue weighted by molar-refractivity contribution is 6.01. The van der Waals surface area contributed by atoms with Crippen molar-refractivity contribution in [2.24, 2.45) is 0 Å². The number of benzene rings is 2. The van der Waals surface area contributed by atoms with Crippen molar-refractivity contribution in [3.63, 3.8) is 0 Å². The Hall–Kier alpha value is -3.86. The molecule has 0 saturated heterocycles. The molecule has 4 aromatic rings. The molecule has 32 heavy (non-hydrogen) atoms. The molecule has 4 rings (SSSR count). The first-order valence-corrected chi connectivity index (χ1v) is 10.5. The molecule has 0 saturated carbocycles. The Bertz CT molecular complexity index is 1290. The number of methoxy groups -OCH3 is 1. The Kier molecular flexibility index (Phi) is 6.08. The van der Waals surface area contributed by atoms with Crippen molar-refractivity contribution in [2.45, 2.75) is 27.3 Å². The van der Waals surface area contributed by atoms with Crippen LogP contribution >= 0.6 is 0 Å². The second-order valence-electron chi connectivity index (χ2n) is 7.88. The summed E-state index contributed by atoms with van der Waals surface area (Å²) in [6.07, 6.45) is 6.81. The number of rotatable bonds is 6. The Labute approximate surface area is 187 Å². The van der Waals surface area contributed by atoms with Crippen LogP contribution in [0.4, 0.5) is 0 Å². The van der Waals surface area contributed by atoms with E-state index in [0.29, 0.717) is 12.3 Å². The number of hydrogen-bond donors (Lipinski definition) is 1. The van der Waals surface area contributed by atoms with Crippen LogP contribution in [0.2, 0.25) is 0 Å². The molecule has 1 N–H and O–H groups in total. The van der Waals surface area contributed by atoms with Crippen molar-refractivity contribution in [1.29, 1.82) is 0 Å². The minimum absolute atomic E-state index is 0.162. The number of aryl methyl sites for hydroxylation is 2. The summed E-state index contributed by atoms with van der Waals surface area (Å²) in [5.74, 6) is 0.544. The fraction of sp³-hybridized carbons (Fsp3) is 0.185. The molecule has 2 heterocycles. The smallest absolute Gasteiger partial charge is 0.244 e. The van der Waals surface area contributed by atoms with Crippen molar-refractivity contribution in [3.05, 3.63) is 89.5 Å². The predicted octanol–water partition coefficient (Wildman–Crippen LogP) is 5.84. The normalized spacial score (nSPS) is 11.6. The average Bonchev–Trinajstić information content (AvgIpc) is 3.23. The molecule has 0 aliphatic heterocycles. The summed E-state index contributed by atoms with van der Waals surface area (Å²) in [5, 5.41) is 3.92. The van der Waals surface area contributed by atoms with Crippen molar-refractivity contribution in [3.8, 4) is 16.9 Å². The molecule has 2 aromatic heterocycles. The summed E-state index contributed by atoms with van der Waals surface area (Å²) in [7, 11) is 1.64. The van der Waals surface area contributed by atoms with E-state index in [-0.39, 0.29) is 5.91 Å². The second kappa shape index (κ2) is 9.10. The summed E-state index contributed by atoms with van der Waals surface area (Å²) in [6, 6.07) is 14.2. The number of amides is 1. The maximum atomic E-state index is 12.6. The molecule has 1 amide bonds. The highest BCUT2D eigenvalue weighted by atomic mass is 16.5. The molecule has 0 fully saturated rings. The van der Waals surface area contributed by atoms with Crippen molar-refractivity contribution < 1.29 is 13.9 Å². The predicted molar refractivity (Wildman–Crippen MR) is 127 cm³/mol. The van der Waals surface area contributed by atoms with Crippen LogP contribution < -0.4 is 10.1 Å². The number of fused-ring (bicyclic) bond motifs is 1. The van der Waals surface area contributed by atoms with Gasteiger partial charge in [0.2, 0.25) is 5.91 Å². The average molecular weight is 427 g/mol. The third kappa shape index (κ3) is 4.28. The molecule has 0 bridgehead atoms. The van der Waals surface area contributed by atoms with Crippen LogP contribution in [0, 0.1) is 13.8 Å². The van der Waals surface area contributed by atoms with Crippen molar-refractivity contribution >= 4 is 22.4 Å². The third-order valence-electron chi connectivity index (χ3n) is 5.60. The first-order valence-electron chi connectivity index (χ1n) is 10.5. The fourth-order valence-electron chi connectivity index (χ4n) is 3.84. The lowest BCUT2D eigenvalue weighted by atomic mass is 9.96. The van der Waals surface area contributed by atoms with E-state index in [9.17, 15) is 4.79 Å². The molecular formula is C27H26N2O3. The first kappa shape index (κ1) is 21.4. The number of hydrogen-bond acceptors (Lipinski definition) is 4. The lowest BCUT2D eigenvalue weighted by molar-refractivity contribution is -0.116. The standard InChI is InChI=1S/C27H26N2O3/c1-17-5-7-21(8-6-17)24-16-32-27-19(3)26(31-4)22(14-23(24)27)18(2)13-25(30)29-15-20-9-11-28-12-10-20/h5-14,16H,15H2,1-4H3,(H,29,30)/b18-13+. The summed E-state index contributed by atoms with van der Waals surface area (Å²) in [4.78, 5) is 16.6. The molecule has 0 spiro atoms. The van der Waals surface area contributed by atoms with E-state index in [0.717, 1.165) is 44.4 Å². The monoisotopic (exact) mass is 426 g/mol. The molecule has 0 aliphatic carbocycles. The molecular weight excluding hydrogens is 400 g/mol. The SMILES string of the molecule is COc1c(/C(C)=C/C(=O)NCc2ccncc2)cc2c(-c3ccc(C)cc3)coc2c1C. The minimum Gasteiger partial charge on any atom is -0.496 e. The van der Waals surface area contributed by atoms with Gasteiger partial charge in [0.15, 0.2) is 0 Å². The van der Waals surface area contributed by atoms with Crippen LogP contribution in [0.15, 0.2) is 71.6 Å². The van der Waals surface area contributed by atoms with E-state index in [4.69, 9.17) is 9.15 Å². The van der Waals surface area contributed by atoms with Gasteiger partial charge in [-0.05, 0) is 55.7 Å². The van der Waals surface area contributed by atoms with Crippen LogP contribution in [0.5, 0.6) is 5.75 Å². The van der Waals surface area contributed by atoms with Gasteiger partial charge in [-0.3, -0.25) is 9.78 Å². The summed E-state index contributed by atoms with van der Waals surface area (Å²) < 4.78 is 11.6. The Morgan fingerprint density at radius 3 is 2.53 bits per heavy atom. The zero-order valence-electron chi connectivity index (χ0n) is 18.7. The van der Waals surface area contributed by atoms with Crippen molar-refractivity contribution in [1.82, 2.24) is 10.3 Å². The molecule has 5 heteroatoms. The number of ether oxygens (including phenoxy) is 1. The van der Waals surface area contributed by atoms with Gasteiger partial charge in [-0.1, -0.05) is 29.8 Å². The molecule has 0 aliphatic rings. The molecule has 162 valence electrons. The van der Waals surface area contributed by atoms with Gasteiger partial charge in [-0.25, -0.2) is 0 Å².